The van der Waals surface area contributed by atoms with Crippen molar-refractivity contribution in [2.24, 2.45) is 20.5 Å². The standard InChI is InChI=1S/C43H50N14O7S3.O3S/c1-7-55(8-2)32-22-28(30(24-34(32)63-5)51-53-42-46-26-14-11-12-16-36(26)65-42)44-39-48-40(50-41(49-39)57(18-20-58)19-21-59)45-29-23-33(56(9-3)10-4)35(64-6)25-31(29)52-54-43-47-27-15-13-17-37(38(27)66-43)67(60,61)62;1-4(2)3/h11-17,22-25,58-59H,7-10,18-21H2,1-6H3,(H,60,61,62)(H2,44,45,48,49,50);. The molecule has 0 bridgehead atoms. The highest BCUT2D eigenvalue weighted by Crippen LogP contribution is 2.43. The van der Waals surface area contributed by atoms with E-state index in [1.54, 1.807) is 37.3 Å². The van der Waals surface area contributed by atoms with Gasteiger partial charge in [-0.05, 0) is 64.1 Å². The minimum atomic E-state index is -4.53. The van der Waals surface area contributed by atoms with Gasteiger partial charge in [-0.15, -0.1) is 33.1 Å². The summed E-state index contributed by atoms with van der Waals surface area (Å²) in [5.74, 6) is 1.31. The molecule has 71 heavy (non-hydrogen) atoms. The van der Waals surface area contributed by atoms with Gasteiger partial charge in [0.05, 0.1) is 70.6 Å². The second-order valence-electron chi connectivity index (χ2n) is 14.5. The van der Waals surface area contributed by atoms with Crippen LogP contribution in [0.4, 0.5) is 62.2 Å². The zero-order valence-electron chi connectivity index (χ0n) is 39.2. The molecule has 3 heterocycles. The summed E-state index contributed by atoms with van der Waals surface area (Å²) in [6, 6.07) is 19.3. The number of hydrogen-bond acceptors (Lipinski definition) is 25. The van der Waals surface area contributed by atoms with Crippen molar-refractivity contribution in [1.29, 1.82) is 0 Å². The molecule has 0 aliphatic carbocycles. The van der Waals surface area contributed by atoms with Crippen LogP contribution >= 0.6 is 22.7 Å². The van der Waals surface area contributed by atoms with Crippen molar-refractivity contribution in [1.82, 2.24) is 24.9 Å². The summed E-state index contributed by atoms with van der Waals surface area (Å²) in [5, 5.41) is 45.5. The molecule has 0 aliphatic rings. The number of methoxy groups -OCH3 is 2. The molecule has 3 aromatic heterocycles. The van der Waals surface area contributed by atoms with Crippen LogP contribution in [0.15, 0.2) is 92.1 Å². The average molecular weight is 1050 g/mol. The minimum absolute atomic E-state index is 0.0494. The molecule has 24 nitrogen and oxygen atoms in total. The Morgan fingerprint density at radius 2 is 1.11 bits per heavy atom. The Morgan fingerprint density at radius 3 is 1.58 bits per heavy atom. The molecule has 0 amide bonds. The lowest BCUT2D eigenvalue weighted by Crippen LogP contribution is -2.31. The molecule has 0 fully saturated rings. The number of benzene rings is 4. The summed E-state index contributed by atoms with van der Waals surface area (Å²) in [7, 11) is -4.51. The summed E-state index contributed by atoms with van der Waals surface area (Å²) < 4.78 is 72.3. The molecule has 7 rings (SSSR count). The largest absolute Gasteiger partial charge is 0.494 e. The molecule has 0 saturated carbocycles. The number of nitrogens with zero attached hydrogens (tertiary/aromatic N) is 12. The molecule has 28 heteroatoms. The maximum atomic E-state index is 12.1. The number of azo groups is 2. The molecular formula is C43H50N14O10S4. The zero-order chi connectivity index (χ0) is 51.2. The van der Waals surface area contributed by atoms with Gasteiger partial charge in [0.15, 0.2) is 0 Å². The number of fused-ring (bicyclic) bond motifs is 2. The normalized spacial score (nSPS) is 11.5. The van der Waals surface area contributed by atoms with Gasteiger partial charge in [-0.1, -0.05) is 40.9 Å². The van der Waals surface area contributed by atoms with E-state index in [0.717, 1.165) is 32.9 Å². The minimum Gasteiger partial charge on any atom is -0.494 e. The van der Waals surface area contributed by atoms with Crippen molar-refractivity contribution < 1.29 is 45.3 Å². The molecule has 0 aliphatic heterocycles. The topological polar surface area (TPSA) is 312 Å². The summed E-state index contributed by atoms with van der Waals surface area (Å²) in [4.78, 5) is 28.9. The lowest BCUT2D eigenvalue weighted by atomic mass is 10.2. The number of aromatic nitrogens is 5. The molecular weight excluding hydrogens is 1000 g/mol. The van der Waals surface area contributed by atoms with E-state index in [9.17, 15) is 23.2 Å². The van der Waals surface area contributed by atoms with Crippen LogP contribution in [0.25, 0.3) is 20.4 Å². The van der Waals surface area contributed by atoms with E-state index in [-0.39, 0.29) is 64.6 Å². The van der Waals surface area contributed by atoms with Gasteiger partial charge in [-0.25, -0.2) is 9.97 Å². The Balaban J connectivity index is 0.00000199. The number of para-hydroxylation sites is 1. The van der Waals surface area contributed by atoms with Crippen LogP contribution in [0.3, 0.4) is 0 Å². The van der Waals surface area contributed by atoms with E-state index < -0.39 is 20.7 Å². The summed E-state index contributed by atoms with van der Waals surface area (Å²) >= 11 is 2.35. The molecule has 5 N–H and O–H groups in total. The molecule has 376 valence electrons. The van der Waals surface area contributed by atoms with Crippen molar-refractivity contribution in [3.05, 3.63) is 66.7 Å². The quantitative estimate of drug-likeness (QED) is 0.0316. The van der Waals surface area contributed by atoms with Crippen molar-refractivity contribution in [3.63, 3.8) is 0 Å². The Bertz CT molecular complexity index is 3210. The molecule has 0 unspecified atom stereocenters. The third-order valence-electron chi connectivity index (χ3n) is 10.4. The second kappa shape index (κ2) is 24.7. The number of rotatable bonds is 22. The maximum absolute atomic E-state index is 12.1. The van der Waals surface area contributed by atoms with Gasteiger partial charge < -0.3 is 45.0 Å². The first-order valence-electron chi connectivity index (χ1n) is 21.7. The number of hydrogen-bond donors (Lipinski definition) is 5. The number of aliphatic hydroxyl groups excluding tert-OH is 2. The number of ether oxygens (including phenoxy) is 2. The predicted molar refractivity (Wildman–Crippen MR) is 273 cm³/mol. The third-order valence-corrected chi connectivity index (χ3v) is 13.3. The van der Waals surface area contributed by atoms with Crippen molar-refractivity contribution in [3.8, 4) is 11.5 Å². The zero-order valence-corrected chi connectivity index (χ0v) is 42.5. The highest BCUT2D eigenvalue weighted by atomic mass is 32.2. The van der Waals surface area contributed by atoms with Gasteiger partial charge in [0.25, 0.3) is 10.1 Å². The maximum Gasteiger partial charge on any atom is 0.425 e. The Hall–Kier alpha value is -7.08. The van der Waals surface area contributed by atoms with Crippen molar-refractivity contribution >= 4 is 126 Å². The third kappa shape index (κ3) is 13.4. The first kappa shape index (κ1) is 53.3. The van der Waals surface area contributed by atoms with Gasteiger partial charge in [-0.2, -0.15) is 23.4 Å². The second-order valence-corrected chi connectivity index (χ2v) is 18.3. The fourth-order valence-corrected chi connectivity index (χ4v) is 9.71. The van der Waals surface area contributed by atoms with E-state index in [0.29, 0.717) is 65.4 Å². The van der Waals surface area contributed by atoms with E-state index in [1.165, 1.54) is 23.5 Å². The van der Waals surface area contributed by atoms with E-state index in [4.69, 9.17) is 37.1 Å². The summed E-state index contributed by atoms with van der Waals surface area (Å²) in [6.07, 6.45) is 0. The van der Waals surface area contributed by atoms with Gasteiger partial charge in [0.2, 0.25) is 28.1 Å². The van der Waals surface area contributed by atoms with Gasteiger partial charge in [-0.3, -0.25) is 4.55 Å². The molecule has 0 radical (unpaired) electrons. The first-order valence-corrected chi connectivity index (χ1v) is 25.8. The van der Waals surface area contributed by atoms with Crippen LogP contribution < -0.4 is 34.8 Å². The number of thiazole rings is 2. The van der Waals surface area contributed by atoms with Crippen molar-refractivity contribution in [2.75, 3.05) is 92.0 Å². The highest BCUT2D eigenvalue weighted by Gasteiger charge is 2.22. The molecule has 0 spiro atoms. The fraction of sp³-hybridized carbons (Fsp3) is 0.326. The lowest BCUT2D eigenvalue weighted by molar-refractivity contribution is 0.280. The van der Waals surface area contributed by atoms with E-state index in [2.05, 4.69) is 50.9 Å². The molecule has 0 saturated heterocycles. The van der Waals surface area contributed by atoms with Gasteiger partial charge in [0.1, 0.15) is 27.8 Å². The Labute approximate surface area is 417 Å². The molecule has 0 atom stereocenters. The van der Waals surface area contributed by atoms with Crippen LogP contribution in [0, 0.1) is 0 Å². The smallest absolute Gasteiger partial charge is 0.425 e. The Morgan fingerprint density at radius 1 is 0.634 bits per heavy atom. The van der Waals surface area contributed by atoms with E-state index >= 15 is 0 Å². The van der Waals surface area contributed by atoms with Crippen LogP contribution in [0.5, 0.6) is 11.5 Å². The van der Waals surface area contributed by atoms with Crippen LogP contribution in [0.1, 0.15) is 27.7 Å². The van der Waals surface area contributed by atoms with Crippen LogP contribution in [-0.4, -0.2) is 127 Å². The number of anilines is 7. The number of aliphatic hydroxyl groups is 2. The molecule has 4 aromatic carbocycles. The lowest BCUT2D eigenvalue weighted by Gasteiger charge is -2.25. The Kier molecular flexibility index (Phi) is 18.5. The fourth-order valence-electron chi connectivity index (χ4n) is 7.10. The van der Waals surface area contributed by atoms with Crippen molar-refractivity contribution in [2.45, 2.75) is 32.6 Å². The van der Waals surface area contributed by atoms with Gasteiger partial charge in [0, 0.05) is 51.4 Å². The van der Waals surface area contributed by atoms with Gasteiger partial charge >= 0.3 is 10.6 Å². The monoisotopic (exact) mass is 1050 g/mol. The first-order chi connectivity index (χ1) is 34.2. The molecule has 7 aromatic rings. The highest BCUT2D eigenvalue weighted by molar-refractivity contribution is 7.86. The van der Waals surface area contributed by atoms with E-state index in [1.807, 2.05) is 64.1 Å². The SMILES string of the molecule is CCN(CC)c1cc(Nc2nc(Nc3cc(N(CC)CC)c(OC)cc3N=Nc3nc4cccc(S(=O)(=O)O)c4s3)nc(N(CCO)CCO)n2)c(N=Nc2nc3ccccc3s2)cc1OC.O=S(=O)=O. The van der Waals surface area contributed by atoms with Crippen LogP contribution in [0.2, 0.25) is 0 Å². The predicted octanol–water partition coefficient (Wildman–Crippen LogP) is 8.15. The van der Waals surface area contributed by atoms with Crippen LogP contribution in [-0.2, 0) is 20.7 Å². The average Bonchev–Trinajstić information content (AvgIpc) is 3.97. The summed E-state index contributed by atoms with van der Waals surface area (Å²) in [5.41, 5.74) is 4.17. The summed E-state index contributed by atoms with van der Waals surface area (Å²) in [6.45, 7) is 10.4. The number of nitrogens with one attached hydrogen (secondary N) is 2.